The molecule has 2 N–H and O–H groups in total. The van der Waals surface area contributed by atoms with E-state index in [9.17, 15) is 19.5 Å². The molecule has 0 aliphatic carbocycles. The third-order valence-corrected chi connectivity index (χ3v) is 7.32. The fourth-order valence-corrected chi connectivity index (χ4v) is 4.80. The van der Waals surface area contributed by atoms with Crippen molar-refractivity contribution in [3.63, 3.8) is 0 Å². The van der Waals surface area contributed by atoms with Gasteiger partial charge in [0.2, 0.25) is 0 Å². The highest BCUT2D eigenvalue weighted by atomic mass is 35.5. The van der Waals surface area contributed by atoms with Crippen molar-refractivity contribution >= 4 is 34.9 Å². The van der Waals surface area contributed by atoms with Gasteiger partial charge >= 0.3 is 5.97 Å². The molecule has 1 amide bonds. The summed E-state index contributed by atoms with van der Waals surface area (Å²) in [6.07, 6.45) is 1.55. The van der Waals surface area contributed by atoms with Gasteiger partial charge in [-0.05, 0) is 77.9 Å². The molecule has 5 aromatic rings. The molecule has 44 heavy (non-hydrogen) atoms. The van der Waals surface area contributed by atoms with E-state index in [1.54, 1.807) is 54.6 Å². The molecule has 0 spiro atoms. The number of aliphatic carboxylic acids is 1. The number of nitrogens with one attached hydrogen (secondary N) is 1. The van der Waals surface area contributed by atoms with E-state index in [0.717, 1.165) is 11.3 Å². The summed E-state index contributed by atoms with van der Waals surface area (Å²) in [7, 11) is 3.86. The molecule has 222 valence electrons. The third-order valence-electron chi connectivity index (χ3n) is 7.07. The fourth-order valence-electron chi connectivity index (χ4n) is 4.67. The summed E-state index contributed by atoms with van der Waals surface area (Å²) in [4.78, 5) is 41.5. The summed E-state index contributed by atoms with van der Waals surface area (Å²) in [5.74, 6) is -0.505. The second kappa shape index (κ2) is 13.3. The van der Waals surface area contributed by atoms with Crippen LogP contribution in [0.25, 0.3) is 11.1 Å². The Bertz CT molecular complexity index is 1820. The smallest absolute Gasteiger partial charge is 0.327 e. The summed E-state index contributed by atoms with van der Waals surface area (Å²) in [6.45, 7) is 0. The number of anilines is 2. The number of hydrogen-bond acceptors (Lipinski definition) is 5. The lowest BCUT2D eigenvalue weighted by Crippen LogP contribution is -2.33. The molecule has 1 heterocycles. The number of nitrogens with zero attached hydrogens (tertiary/aromatic N) is 2. The van der Waals surface area contributed by atoms with Gasteiger partial charge in [0, 0.05) is 48.5 Å². The van der Waals surface area contributed by atoms with Crippen molar-refractivity contribution in [1.82, 2.24) is 4.57 Å². The van der Waals surface area contributed by atoms with Crippen molar-refractivity contribution in [2.24, 2.45) is 0 Å². The highest BCUT2D eigenvalue weighted by Gasteiger charge is 2.24. The Kier molecular flexibility index (Phi) is 9.12. The number of para-hydroxylation sites is 1. The number of rotatable bonds is 10. The topological polar surface area (TPSA) is 101 Å². The molecule has 5 rings (SSSR count). The first-order valence-electron chi connectivity index (χ1n) is 13.8. The summed E-state index contributed by atoms with van der Waals surface area (Å²) in [6, 6.07) is 30.5. The number of ether oxygens (including phenoxy) is 1. The minimum Gasteiger partial charge on any atom is -0.480 e. The largest absolute Gasteiger partial charge is 0.480 e. The van der Waals surface area contributed by atoms with Crippen LogP contribution in [-0.4, -0.2) is 35.6 Å². The van der Waals surface area contributed by atoms with Crippen molar-refractivity contribution in [3.8, 4) is 22.6 Å². The zero-order valence-electron chi connectivity index (χ0n) is 24.1. The molecule has 0 saturated carbocycles. The van der Waals surface area contributed by atoms with Crippen LogP contribution < -0.4 is 20.5 Å². The molecule has 1 atom stereocenters. The summed E-state index contributed by atoms with van der Waals surface area (Å²) < 4.78 is 6.97. The third kappa shape index (κ3) is 7.17. The van der Waals surface area contributed by atoms with Gasteiger partial charge in [0.05, 0.1) is 0 Å². The molecule has 9 heteroatoms. The molecular formula is C35H30ClN3O5. The Morgan fingerprint density at radius 3 is 2.11 bits per heavy atom. The first-order valence-corrected chi connectivity index (χ1v) is 14.2. The van der Waals surface area contributed by atoms with Crippen LogP contribution in [0.3, 0.4) is 0 Å². The van der Waals surface area contributed by atoms with Gasteiger partial charge in [0.15, 0.2) is 0 Å². The van der Waals surface area contributed by atoms with Crippen LogP contribution in [0.4, 0.5) is 11.4 Å². The van der Waals surface area contributed by atoms with Gasteiger partial charge in [-0.3, -0.25) is 14.2 Å². The number of amides is 1. The van der Waals surface area contributed by atoms with Gasteiger partial charge in [0.1, 0.15) is 23.2 Å². The van der Waals surface area contributed by atoms with Crippen LogP contribution in [0.1, 0.15) is 22.0 Å². The van der Waals surface area contributed by atoms with Crippen molar-refractivity contribution in [3.05, 3.63) is 142 Å². The molecule has 0 aliphatic heterocycles. The normalized spacial score (nSPS) is 11.4. The molecule has 0 aliphatic rings. The zero-order valence-corrected chi connectivity index (χ0v) is 24.9. The van der Waals surface area contributed by atoms with Crippen molar-refractivity contribution in [2.45, 2.75) is 12.5 Å². The van der Waals surface area contributed by atoms with Crippen molar-refractivity contribution < 1.29 is 19.4 Å². The predicted molar refractivity (Wildman–Crippen MR) is 173 cm³/mol. The molecule has 8 nitrogen and oxygen atoms in total. The van der Waals surface area contributed by atoms with Gasteiger partial charge < -0.3 is 20.1 Å². The number of hydrogen-bond donors (Lipinski definition) is 2. The summed E-state index contributed by atoms with van der Waals surface area (Å²) in [5, 5.41) is 13.4. The van der Waals surface area contributed by atoms with Gasteiger partial charge in [-0.25, -0.2) is 4.79 Å². The van der Waals surface area contributed by atoms with Crippen LogP contribution >= 0.6 is 11.6 Å². The average molecular weight is 608 g/mol. The van der Waals surface area contributed by atoms with E-state index in [-0.39, 0.29) is 12.1 Å². The van der Waals surface area contributed by atoms with Gasteiger partial charge in [-0.15, -0.1) is 0 Å². The molecule has 0 radical (unpaired) electrons. The Morgan fingerprint density at radius 2 is 1.50 bits per heavy atom. The maximum Gasteiger partial charge on any atom is 0.327 e. The molecule has 0 bridgehead atoms. The average Bonchev–Trinajstić information content (AvgIpc) is 3.02. The standard InChI is InChI=1S/C35H30ClN3O5/c1-38(2)28-16-10-24(11-17-28)26-21-31(34(41)39(22-26)32(35(42)43)20-23-8-14-27(36)15-9-23)37-33(40)25-12-18-30(19-13-25)44-29-6-4-3-5-7-29/h3-19,21-22,32H,20H2,1-2H3,(H,37,40)(H,42,43). The fraction of sp³-hybridized carbons (Fsp3) is 0.114. The molecular weight excluding hydrogens is 578 g/mol. The number of halogens is 1. The van der Waals surface area contributed by atoms with Gasteiger partial charge in [0.25, 0.3) is 11.5 Å². The number of benzene rings is 4. The van der Waals surface area contributed by atoms with E-state index in [1.807, 2.05) is 73.6 Å². The van der Waals surface area contributed by atoms with Gasteiger partial charge in [-0.2, -0.15) is 0 Å². The lowest BCUT2D eigenvalue weighted by atomic mass is 10.0. The molecule has 0 fully saturated rings. The summed E-state index contributed by atoms with van der Waals surface area (Å²) >= 11 is 6.02. The van der Waals surface area contributed by atoms with E-state index in [0.29, 0.717) is 33.2 Å². The minimum atomic E-state index is -1.24. The number of carboxylic acid groups (broad SMARTS) is 1. The van der Waals surface area contributed by atoms with E-state index >= 15 is 0 Å². The predicted octanol–water partition coefficient (Wildman–Crippen LogP) is 7.15. The monoisotopic (exact) mass is 607 g/mol. The highest BCUT2D eigenvalue weighted by molar-refractivity contribution is 6.30. The first kappa shape index (κ1) is 30.1. The number of carboxylic acids is 1. The Hall–Kier alpha value is -5.34. The second-order valence-corrected chi connectivity index (χ2v) is 10.8. The number of carbonyl (C=O) groups is 2. The van der Waals surface area contributed by atoms with Gasteiger partial charge in [-0.1, -0.05) is 54.1 Å². The van der Waals surface area contributed by atoms with E-state index in [2.05, 4.69) is 5.32 Å². The SMILES string of the molecule is CN(C)c1ccc(-c2cc(NC(=O)c3ccc(Oc4ccccc4)cc3)c(=O)n(C(Cc3ccc(Cl)cc3)C(=O)O)c2)cc1. The Labute approximate surface area is 259 Å². The van der Waals surface area contributed by atoms with Crippen LogP contribution in [-0.2, 0) is 11.2 Å². The van der Waals surface area contributed by atoms with Crippen molar-refractivity contribution in [1.29, 1.82) is 0 Å². The quantitative estimate of drug-likeness (QED) is 0.175. The molecule has 1 aromatic heterocycles. The molecule has 1 unspecified atom stereocenters. The summed E-state index contributed by atoms with van der Waals surface area (Å²) in [5.41, 5.74) is 2.60. The van der Waals surface area contributed by atoms with Crippen LogP contribution in [0.15, 0.2) is 120 Å². The van der Waals surface area contributed by atoms with E-state index in [4.69, 9.17) is 16.3 Å². The maximum absolute atomic E-state index is 13.7. The Balaban J connectivity index is 1.49. The van der Waals surface area contributed by atoms with E-state index in [1.165, 1.54) is 10.8 Å². The van der Waals surface area contributed by atoms with Crippen LogP contribution in [0.5, 0.6) is 11.5 Å². The lowest BCUT2D eigenvalue weighted by Gasteiger charge is -2.19. The van der Waals surface area contributed by atoms with Crippen LogP contribution in [0.2, 0.25) is 5.02 Å². The van der Waals surface area contributed by atoms with Crippen LogP contribution in [0, 0.1) is 0 Å². The number of aromatic nitrogens is 1. The Morgan fingerprint density at radius 1 is 0.864 bits per heavy atom. The minimum absolute atomic E-state index is 0.0334. The second-order valence-electron chi connectivity index (χ2n) is 10.4. The first-order chi connectivity index (χ1) is 21.2. The molecule has 0 saturated heterocycles. The lowest BCUT2D eigenvalue weighted by molar-refractivity contribution is -0.141. The maximum atomic E-state index is 13.7. The highest BCUT2D eigenvalue weighted by Crippen LogP contribution is 2.27. The zero-order chi connectivity index (χ0) is 31.2. The van der Waals surface area contributed by atoms with Crippen molar-refractivity contribution in [2.75, 3.05) is 24.3 Å². The number of carbonyl (C=O) groups excluding carboxylic acids is 1. The van der Waals surface area contributed by atoms with E-state index < -0.39 is 23.5 Å². The number of pyridine rings is 1. The molecule has 4 aromatic carbocycles.